The van der Waals surface area contributed by atoms with Crippen molar-refractivity contribution >= 4 is 0 Å². The molecule has 2 aliphatic rings. The molecule has 12 heavy (non-hydrogen) atoms. The van der Waals surface area contributed by atoms with Crippen LogP contribution in [0.25, 0.3) is 0 Å². The highest BCUT2D eigenvalue weighted by Crippen LogP contribution is 2.42. The molecule has 1 spiro atoms. The van der Waals surface area contributed by atoms with E-state index in [1.54, 1.807) is 0 Å². The van der Waals surface area contributed by atoms with Crippen molar-refractivity contribution in [3.05, 3.63) is 0 Å². The van der Waals surface area contributed by atoms with Crippen molar-refractivity contribution in [3.63, 3.8) is 0 Å². The van der Waals surface area contributed by atoms with Gasteiger partial charge in [0.05, 0.1) is 0 Å². The predicted octanol–water partition coefficient (Wildman–Crippen LogP) is 1.11. The molecule has 0 amide bonds. The Labute approximate surface area is 74.9 Å². The Kier molecular flexibility index (Phi) is 2.13. The summed E-state index contributed by atoms with van der Waals surface area (Å²) in [7, 11) is 0. The molecule has 0 aromatic rings. The first-order chi connectivity index (χ1) is 5.73. The summed E-state index contributed by atoms with van der Waals surface area (Å²) in [6.07, 6.45) is 5.47. The second-order valence-electron chi connectivity index (χ2n) is 4.78. The molecule has 2 rings (SSSR count). The van der Waals surface area contributed by atoms with Gasteiger partial charge in [0.25, 0.3) is 0 Å². The Morgan fingerprint density at radius 1 is 1.33 bits per heavy atom. The summed E-state index contributed by atoms with van der Waals surface area (Å²) in [5.41, 5.74) is 6.61. The molecule has 2 heteroatoms. The van der Waals surface area contributed by atoms with Crippen LogP contribution in [0.5, 0.6) is 0 Å². The van der Waals surface area contributed by atoms with E-state index in [2.05, 4.69) is 12.2 Å². The Bertz CT molecular complexity index is 159. The van der Waals surface area contributed by atoms with E-state index in [0.717, 1.165) is 12.5 Å². The molecule has 1 saturated heterocycles. The normalized spacial score (nSPS) is 48.5. The highest BCUT2D eigenvalue weighted by atomic mass is 15.0. The van der Waals surface area contributed by atoms with Crippen LogP contribution in [0.3, 0.4) is 0 Å². The molecule has 0 aromatic heterocycles. The summed E-state index contributed by atoms with van der Waals surface area (Å²) in [6.45, 7) is 4.57. The lowest BCUT2D eigenvalue weighted by molar-refractivity contribution is 0.158. The minimum absolute atomic E-state index is 0.421. The van der Waals surface area contributed by atoms with Crippen LogP contribution in [-0.2, 0) is 0 Å². The molecule has 0 radical (unpaired) electrons. The van der Waals surface area contributed by atoms with E-state index in [4.69, 9.17) is 5.73 Å². The lowest BCUT2D eigenvalue weighted by atomic mass is 9.68. The van der Waals surface area contributed by atoms with Crippen LogP contribution in [0.1, 0.15) is 32.6 Å². The fourth-order valence-corrected chi connectivity index (χ4v) is 2.71. The smallest absolute Gasteiger partial charge is 0.0234 e. The van der Waals surface area contributed by atoms with Gasteiger partial charge in [0, 0.05) is 19.1 Å². The van der Waals surface area contributed by atoms with E-state index in [-0.39, 0.29) is 0 Å². The quantitative estimate of drug-likeness (QED) is 0.568. The van der Waals surface area contributed by atoms with Gasteiger partial charge in [-0.25, -0.2) is 0 Å². The van der Waals surface area contributed by atoms with Crippen molar-refractivity contribution in [2.45, 2.75) is 38.6 Å². The number of nitrogens with one attached hydrogen (secondary N) is 1. The standard InChI is InChI=1S/C10H20N2/c1-8-2-4-10(5-3-8)7-12-6-9(10)11/h8-9,12H,2-7,11H2,1H3. The Hall–Kier alpha value is -0.0800. The van der Waals surface area contributed by atoms with Gasteiger partial charge in [0.1, 0.15) is 0 Å². The van der Waals surface area contributed by atoms with Crippen LogP contribution >= 0.6 is 0 Å². The maximum Gasteiger partial charge on any atom is 0.0234 e. The van der Waals surface area contributed by atoms with Gasteiger partial charge in [0.2, 0.25) is 0 Å². The van der Waals surface area contributed by atoms with Gasteiger partial charge in [-0.15, -0.1) is 0 Å². The highest BCUT2D eigenvalue weighted by molar-refractivity contribution is 4.99. The van der Waals surface area contributed by atoms with E-state index in [0.29, 0.717) is 11.5 Å². The fraction of sp³-hybridized carbons (Fsp3) is 1.00. The molecule has 1 saturated carbocycles. The second-order valence-corrected chi connectivity index (χ2v) is 4.78. The molecule has 70 valence electrons. The summed E-state index contributed by atoms with van der Waals surface area (Å²) in [5, 5.41) is 3.42. The fourth-order valence-electron chi connectivity index (χ4n) is 2.71. The third-order valence-corrected chi connectivity index (χ3v) is 3.90. The van der Waals surface area contributed by atoms with Crippen molar-refractivity contribution < 1.29 is 0 Å². The molecule has 2 nitrogen and oxygen atoms in total. The summed E-state index contributed by atoms with van der Waals surface area (Å²) >= 11 is 0. The summed E-state index contributed by atoms with van der Waals surface area (Å²) in [6, 6.07) is 0.421. The van der Waals surface area contributed by atoms with Gasteiger partial charge >= 0.3 is 0 Å². The summed E-state index contributed by atoms with van der Waals surface area (Å²) in [4.78, 5) is 0. The molecule has 1 heterocycles. The van der Waals surface area contributed by atoms with E-state index >= 15 is 0 Å². The molecule has 1 aliphatic carbocycles. The van der Waals surface area contributed by atoms with Crippen molar-refractivity contribution in [2.24, 2.45) is 17.1 Å². The Balaban J connectivity index is 2.02. The SMILES string of the molecule is CC1CCC2(CC1)CNCC2N. The molecule has 2 fully saturated rings. The molecular formula is C10H20N2. The molecule has 1 unspecified atom stereocenters. The molecule has 0 aromatic carbocycles. The van der Waals surface area contributed by atoms with Gasteiger partial charge < -0.3 is 11.1 Å². The number of hydrogen-bond donors (Lipinski definition) is 2. The van der Waals surface area contributed by atoms with Crippen LogP contribution < -0.4 is 11.1 Å². The Morgan fingerprint density at radius 2 is 2.00 bits per heavy atom. The Morgan fingerprint density at radius 3 is 2.50 bits per heavy atom. The zero-order valence-corrected chi connectivity index (χ0v) is 7.97. The first-order valence-corrected chi connectivity index (χ1v) is 5.19. The van der Waals surface area contributed by atoms with Crippen molar-refractivity contribution in [3.8, 4) is 0 Å². The van der Waals surface area contributed by atoms with E-state index in [1.807, 2.05) is 0 Å². The maximum absolute atomic E-state index is 6.13. The van der Waals surface area contributed by atoms with E-state index < -0.39 is 0 Å². The van der Waals surface area contributed by atoms with E-state index in [9.17, 15) is 0 Å². The summed E-state index contributed by atoms with van der Waals surface area (Å²) in [5.74, 6) is 0.934. The van der Waals surface area contributed by atoms with Crippen LogP contribution in [-0.4, -0.2) is 19.1 Å². The first kappa shape index (κ1) is 8.52. The van der Waals surface area contributed by atoms with Gasteiger partial charge in [-0.1, -0.05) is 19.8 Å². The highest BCUT2D eigenvalue weighted by Gasteiger charge is 2.42. The molecule has 1 aliphatic heterocycles. The topological polar surface area (TPSA) is 38.0 Å². The monoisotopic (exact) mass is 168 g/mol. The predicted molar refractivity (Wildman–Crippen MR) is 50.9 cm³/mol. The molecule has 0 bridgehead atoms. The average molecular weight is 168 g/mol. The van der Waals surface area contributed by atoms with Crippen molar-refractivity contribution in [2.75, 3.05) is 13.1 Å². The van der Waals surface area contributed by atoms with Crippen LogP contribution in [0.2, 0.25) is 0 Å². The minimum Gasteiger partial charge on any atom is -0.326 e. The maximum atomic E-state index is 6.13. The lowest BCUT2D eigenvalue weighted by Crippen LogP contribution is -2.42. The van der Waals surface area contributed by atoms with Gasteiger partial charge in [0.15, 0.2) is 0 Å². The van der Waals surface area contributed by atoms with Crippen LogP contribution in [0, 0.1) is 11.3 Å². The third kappa shape index (κ3) is 1.27. The van der Waals surface area contributed by atoms with Gasteiger partial charge in [-0.05, 0) is 24.2 Å². The first-order valence-electron chi connectivity index (χ1n) is 5.19. The second kappa shape index (κ2) is 3.00. The van der Waals surface area contributed by atoms with Crippen molar-refractivity contribution in [1.82, 2.24) is 5.32 Å². The van der Waals surface area contributed by atoms with Crippen molar-refractivity contribution in [1.29, 1.82) is 0 Å². The molecule has 3 N–H and O–H groups in total. The zero-order chi connectivity index (χ0) is 8.60. The number of hydrogen-bond acceptors (Lipinski definition) is 2. The third-order valence-electron chi connectivity index (χ3n) is 3.90. The largest absolute Gasteiger partial charge is 0.326 e. The van der Waals surface area contributed by atoms with E-state index in [1.165, 1.54) is 32.2 Å². The van der Waals surface area contributed by atoms with Gasteiger partial charge in [-0.2, -0.15) is 0 Å². The summed E-state index contributed by atoms with van der Waals surface area (Å²) < 4.78 is 0. The van der Waals surface area contributed by atoms with Gasteiger partial charge in [-0.3, -0.25) is 0 Å². The zero-order valence-electron chi connectivity index (χ0n) is 7.97. The average Bonchev–Trinajstić information content (AvgIpc) is 2.41. The number of rotatable bonds is 0. The molecule has 1 atom stereocenters. The van der Waals surface area contributed by atoms with Crippen LogP contribution in [0.4, 0.5) is 0 Å². The minimum atomic E-state index is 0.421. The van der Waals surface area contributed by atoms with Crippen LogP contribution in [0.15, 0.2) is 0 Å². The lowest BCUT2D eigenvalue weighted by Gasteiger charge is -2.38. The number of nitrogens with two attached hydrogens (primary N) is 1. The molecular weight excluding hydrogens is 148 g/mol.